The molecule has 0 aliphatic heterocycles. The molecular weight excluding hydrogens is 251 g/mol. The fourth-order valence-corrected chi connectivity index (χ4v) is 1.88. The van der Waals surface area contributed by atoms with Gasteiger partial charge in [-0.15, -0.1) is 0 Å². The van der Waals surface area contributed by atoms with E-state index < -0.39 is 11.7 Å². The number of halogens is 3. The van der Waals surface area contributed by atoms with Crippen molar-refractivity contribution in [2.75, 3.05) is 11.9 Å². The fraction of sp³-hybridized carbons (Fsp3) is 0.455. The van der Waals surface area contributed by atoms with Crippen LogP contribution < -0.4 is 4.90 Å². The normalized spacial score (nSPS) is 11.7. The number of benzene rings is 1. The van der Waals surface area contributed by atoms with Gasteiger partial charge in [0.25, 0.3) is 0 Å². The average molecular weight is 264 g/mol. The van der Waals surface area contributed by atoms with E-state index in [9.17, 15) is 17.4 Å². The highest BCUT2D eigenvalue weighted by atomic mass is 32.1. The maximum Gasteiger partial charge on any atom is 0.505 e. The van der Waals surface area contributed by atoms with Crippen molar-refractivity contribution in [3.05, 3.63) is 23.8 Å². The zero-order valence-corrected chi connectivity index (χ0v) is 10.5. The van der Waals surface area contributed by atoms with Gasteiger partial charge in [-0.05, 0) is 19.9 Å². The summed E-state index contributed by atoms with van der Waals surface area (Å²) in [6.45, 7) is 3.58. The SMILES string of the molecule is CC(C)N(C)c1cccc([S+]=O)c1C(F)(F)F. The molecule has 0 bridgehead atoms. The van der Waals surface area contributed by atoms with Crippen LogP contribution in [0.25, 0.3) is 0 Å². The van der Waals surface area contributed by atoms with Gasteiger partial charge in [0.1, 0.15) is 5.56 Å². The minimum atomic E-state index is -4.52. The zero-order chi connectivity index (χ0) is 13.2. The van der Waals surface area contributed by atoms with Crippen molar-refractivity contribution in [2.24, 2.45) is 0 Å². The minimum absolute atomic E-state index is 0.0355. The van der Waals surface area contributed by atoms with Gasteiger partial charge in [-0.3, -0.25) is 0 Å². The highest BCUT2D eigenvalue weighted by molar-refractivity contribution is 7.65. The predicted octanol–water partition coefficient (Wildman–Crippen LogP) is 3.34. The molecule has 1 rings (SSSR count). The molecule has 0 saturated carbocycles. The van der Waals surface area contributed by atoms with Crippen molar-refractivity contribution >= 4 is 17.4 Å². The number of nitrogens with zero attached hydrogens (tertiary/aromatic N) is 1. The van der Waals surface area contributed by atoms with Gasteiger partial charge in [-0.2, -0.15) is 13.2 Å². The Bertz CT molecular complexity index is 418. The molecule has 0 unspecified atom stereocenters. The Hall–Kier alpha value is -1.17. The van der Waals surface area contributed by atoms with Crippen molar-refractivity contribution in [1.82, 2.24) is 0 Å². The van der Waals surface area contributed by atoms with Crippen LogP contribution in [0.15, 0.2) is 23.1 Å². The summed E-state index contributed by atoms with van der Waals surface area (Å²) >= 11 is -0.131. The third-order valence-corrected chi connectivity index (χ3v) is 3.05. The van der Waals surface area contributed by atoms with E-state index in [1.54, 1.807) is 20.9 Å². The Balaban J connectivity index is 3.45. The molecule has 0 N–H and O–H groups in total. The van der Waals surface area contributed by atoms with Crippen LogP contribution in [0.2, 0.25) is 0 Å². The third-order valence-electron chi connectivity index (χ3n) is 2.53. The van der Waals surface area contributed by atoms with E-state index in [2.05, 4.69) is 0 Å². The predicted molar refractivity (Wildman–Crippen MR) is 61.3 cm³/mol. The summed E-state index contributed by atoms with van der Waals surface area (Å²) in [5, 5.41) is 0. The smallest absolute Gasteiger partial charge is 0.372 e. The maximum atomic E-state index is 12.9. The Morgan fingerprint density at radius 1 is 1.29 bits per heavy atom. The van der Waals surface area contributed by atoms with Crippen LogP contribution in [0.3, 0.4) is 0 Å². The lowest BCUT2D eigenvalue weighted by Gasteiger charge is -2.26. The van der Waals surface area contributed by atoms with E-state index in [1.807, 2.05) is 0 Å². The Kier molecular flexibility index (Phi) is 4.08. The number of rotatable bonds is 3. The molecule has 0 aliphatic rings. The Morgan fingerprint density at radius 3 is 2.29 bits per heavy atom. The van der Waals surface area contributed by atoms with E-state index in [0.29, 0.717) is 0 Å². The monoisotopic (exact) mass is 264 g/mol. The summed E-state index contributed by atoms with van der Waals surface area (Å²) in [5.74, 6) is 0. The van der Waals surface area contributed by atoms with Crippen molar-refractivity contribution < 1.29 is 17.4 Å². The van der Waals surface area contributed by atoms with E-state index in [-0.39, 0.29) is 28.3 Å². The van der Waals surface area contributed by atoms with Crippen molar-refractivity contribution in [3.63, 3.8) is 0 Å². The molecule has 1 aromatic carbocycles. The minimum Gasteiger partial charge on any atom is -0.372 e. The number of hydrogen-bond acceptors (Lipinski definition) is 2. The summed E-state index contributed by atoms with van der Waals surface area (Å²) in [6.07, 6.45) is -4.52. The number of anilines is 1. The summed E-state index contributed by atoms with van der Waals surface area (Å²) in [7, 11) is 1.58. The van der Waals surface area contributed by atoms with Gasteiger partial charge in [0, 0.05) is 23.4 Å². The molecule has 0 aromatic heterocycles. The zero-order valence-electron chi connectivity index (χ0n) is 9.71. The molecule has 1 aromatic rings. The van der Waals surface area contributed by atoms with Crippen LogP contribution in [-0.4, -0.2) is 13.1 Å². The van der Waals surface area contributed by atoms with E-state index in [0.717, 1.165) is 0 Å². The van der Waals surface area contributed by atoms with Crippen LogP contribution in [0.5, 0.6) is 0 Å². The first kappa shape index (κ1) is 13.9. The largest absolute Gasteiger partial charge is 0.505 e. The topological polar surface area (TPSA) is 20.3 Å². The van der Waals surface area contributed by atoms with Gasteiger partial charge < -0.3 is 4.90 Å². The molecule has 0 aliphatic carbocycles. The molecule has 0 atom stereocenters. The van der Waals surface area contributed by atoms with Crippen molar-refractivity contribution in [3.8, 4) is 0 Å². The lowest BCUT2D eigenvalue weighted by Crippen LogP contribution is -2.28. The van der Waals surface area contributed by atoms with Crippen molar-refractivity contribution in [1.29, 1.82) is 0 Å². The lowest BCUT2D eigenvalue weighted by molar-refractivity contribution is -0.139. The van der Waals surface area contributed by atoms with Crippen molar-refractivity contribution in [2.45, 2.75) is 31.0 Å². The summed E-state index contributed by atoms with van der Waals surface area (Å²) < 4.78 is 49.6. The van der Waals surface area contributed by atoms with Gasteiger partial charge in [0.15, 0.2) is 0 Å². The number of alkyl halides is 3. The highest BCUT2D eigenvalue weighted by Gasteiger charge is 2.42. The molecule has 0 heterocycles. The quantitative estimate of drug-likeness (QED) is 0.780. The molecule has 2 nitrogen and oxygen atoms in total. The molecule has 0 radical (unpaired) electrons. The molecule has 0 spiro atoms. The maximum absolute atomic E-state index is 12.9. The highest BCUT2D eigenvalue weighted by Crippen LogP contribution is 2.39. The molecule has 6 heteroatoms. The van der Waals surface area contributed by atoms with Gasteiger partial charge in [0.05, 0.1) is 5.69 Å². The Labute approximate surface area is 102 Å². The summed E-state index contributed by atoms with van der Waals surface area (Å²) in [5.41, 5.74) is -0.815. The second kappa shape index (κ2) is 5.00. The van der Waals surface area contributed by atoms with Gasteiger partial charge in [0.2, 0.25) is 0 Å². The Morgan fingerprint density at radius 2 is 1.88 bits per heavy atom. The summed E-state index contributed by atoms with van der Waals surface area (Å²) in [4.78, 5) is 1.21. The standard InChI is InChI=1S/C11H13F3NOS/c1-7(2)15(3)8-5-4-6-9(17-16)10(8)11(12,13)14/h4-7H,1-3H3/q+1. The lowest BCUT2D eigenvalue weighted by atomic mass is 10.1. The third kappa shape index (κ3) is 2.94. The second-order valence-corrected chi connectivity index (χ2v) is 4.54. The van der Waals surface area contributed by atoms with E-state index in [1.165, 1.54) is 23.1 Å². The second-order valence-electron chi connectivity index (χ2n) is 3.94. The molecule has 0 saturated heterocycles. The van der Waals surface area contributed by atoms with Crippen LogP contribution in [0.4, 0.5) is 18.9 Å². The van der Waals surface area contributed by atoms with Crippen LogP contribution in [0.1, 0.15) is 19.4 Å². The average Bonchev–Trinajstić information content (AvgIpc) is 2.25. The fourth-order valence-electron chi connectivity index (χ4n) is 1.45. The van der Waals surface area contributed by atoms with E-state index >= 15 is 0 Å². The van der Waals surface area contributed by atoms with Crippen LogP contribution in [-0.2, 0) is 22.1 Å². The van der Waals surface area contributed by atoms with Gasteiger partial charge in [-0.25, -0.2) is 0 Å². The van der Waals surface area contributed by atoms with E-state index in [4.69, 9.17) is 0 Å². The first-order chi connectivity index (χ1) is 7.79. The van der Waals surface area contributed by atoms with Gasteiger partial charge in [-0.1, -0.05) is 6.07 Å². The molecule has 0 fully saturated rings. The molecule has 17 heavy (non-hydrogen) atoms. The first-order valence-electron chi connectivity index (χ1n) is 5.02. The molecule has 0 amide bonds. The molecule has 94 valence electrons. The van der Waals surface area contributed by atoms with Gasteiger partial charge >= 0.3 is 22.7 Å². The molecular formula is C11H13F3NOS+. The number of hydrogen-bond donors (Lipinski definition) is 0. The van der Waals surface area contributed by atoms with Crippen LogP contribution in [0, 0.1) is 0 Å². The van der Waals surface area contributed by atoms with Crippen LogP contribution >= 0.6 is 0 Å². The first-order valence-corrected chi connectivity index (χ1v) is 5.76. The summed E-state index contributed by atoms with van der Waals surface area (Å²) in [6, 6.07) is 3.95.